The predicted molar refractivity (Wildman–Crippen MR) is 64.6 cm³/mol. The minimum Gasteiger partial charge on any atom is -0.306 e. The van der Waals surface area contributed by atoms with Crippen molar-refractivity contribution in [1.82, 2.24) is 20.1 Å². The number of nitrogens with zero attached hydrogens (tertiary/aromatic N) is 4. The molecule has 1 aromatic carbocycles. The van der Waals surface area contributed by atoms with Crippen molar-refractivity contribution in [3.05, 3.63) is 51.6 Å². The smallest absolute Gasteiger partial charge is 0.305 e. The third kappa shape index (κ3) is 3.12. The van der Waals surface area contributed by atoms with Crippen LogP contribution in [0.15, 0.2) is 18.5 Å². The second kappa shape index (κ2) is 5.70. The minimum absolute atomic E-state index is 0.00517. The molecule has 0 aliphatic carbocycles. The van der Waals surface area contributed by atoms with Gasteiger partial charge in [0.25, 0.3) is 0 Å². The summed E-state index contributed by atoms with van der Waals surface area (Å²) in [5.74, 6) is -1.53. The van der Waals surface area contributed by atoms with Gasteiger partial charge in [-0.2, -0.15) is 9.49 Å². The molecule has 0 radical (unpaired) electrons. The monoisotopic (exact) mass is 283 g/mol. The van der Waals surface area contributed by atoms with Gasteiger partial charge in [-0.15, -0.1) is 0 Å². The molecule has 0 aliphatic rings. The lowest BCUT2D eigenvalue weighted by Crippen LogP contribution is -2.15. The summed E-state index contributed by atoms with van der Waals surface area (Å²) in [5.41, 5.74) is -0.742. The van der Waals surface area contributed by atoms with Crippen LogP contribution in [0.4, 0.5) is 14.5 Å². The van der Waals surface area contributed by atoms with Crippen molar-refractivity contribution in [3.63, 3.8) is 0 Å². The fourth-order valence-corrected chi connectivity index (χ4v) is 1.63. The Bertz CT molecular complexity index is 644. The van der Waals surface area contributed by atoms with Gasteiger partial charge in [-0.05, 0) is 0 Å². The largest absolute Gasteiger partial charge is 0.306 e. The third-order valence-corrected chi connectivity index (χ3v) is 2.56. The predicted octanol–water partition coefficient (Wildman–Crippen LogP) is 1.29. The number of aryl methyl sites for hydroxylation is 1. The van der Waals surface area contributed by atoms with Crippen molar-refractivity contribution in [2.45, 2.75) is 13.1 Å². The molecule has 2 rings (SSSR count). The number of benzene rings is 1. The van der Waals surface area contributed by atoms with E-state index in [1.54, 1.807) is 7.05 Å². The van der Waals surface area contributed by atoms with E-state index in [0.29, 0.717) is 11.9 Å². The second-order valence-corrected chi connectivity index (χ2v) is 4.09. The molecule has 0 saturated carbocycles. The number of rotatable bonds is 5. The number of halogens is 2. The molecule has 1 N–H and O–H groups in total. The summed E-state index contributed by atoms with van der Waals surface area (Å²) in [7, 11) is 1.71. The molecule has 2 aromatic rings. The molecule has 7 nitrogen and oxygen atoms in total. The lowest BCUT2D eigenvalue weighted by atomic mass is 10.2. The Kier molecular flexibility index (Phi) is 3.99. The lowest BCUT2D eigenvalue weighted by Gasteiger charge is -2.05. The van der Waals surface area contributed by atoms with Crippen molar-refractivity contribution < 1.29 is 13.7 Å². The van der Waals surface area contributed by atoms with Crippen LogP contribution in [0.1, 0.15) is 11.4 Å². The molecule has 9 heteroatoms. The van der Waals surface area contributed by atoms with E-state index < -0.39 is 22.2 Å². The number of nitrogens with one attached hydrogen (secondary N) is 1. The molecule has 0 aliphatic heterocycles. The molecule has 0 bridgehead atoms. The van der Waals surface area contributed by atoms with Crippen LogP contribution in [0, 0.1) is 21.7 Å². The zero-order chi connectivity index (χ0) is 14.7. The maximum Gasteiger partial charge on any atom is 0.305 e. The lowest BCUT2D eigenvalue weighted by molar-refractivity contribution is -0.387. The first-order valence-electron chi connectivity index (χ1n) is 5.65. The molecule has 0 saturated heterocycles. The minimum atomic E-state index is -1.19. The number of hydrogen-bond donors (Lipinski definition) is 1. The van der Waals surface area contributed by atoms with Crippen LogP contribution in [0.5, 0.6) is 0 Å². The maximum atomic E-state index is 13.5. The maximum absolute atomic E-state index is 13.5. The molecule has 0 unspecified atom stereocenters. The summed E-state index contributed by atoms with van der Waals surface area (Å²) < 4.78 is 28.1. The van der Waals surface area contributed by atoms with Gasteiger partial charge in [0.2, 0.25) is 5.82 Å². The molecule has 0 spiro atoms. The Balaban J connectivity index is 2.05. The van der Waals surface area contributed by atoms with Gasteiger partial charge in [-0.25, -0.2) is 9.37 Å². The van der Waals surface area contributed by atoms with E-state index >= 15 is 0 Å². The highest BCUT2D eigenvalue weighted by atomic mass is 19.1. The normalized spacial score (nSPS) is 10.8. The zero-order valence-electron chi connectivity index (χ0n) is 10.5. The molecular weight excluding hydrogens is 272 g/mol. The zero-order valence-corrected chi connectivity index (χ0v) is 10.5. The highest BCUT2D eigenvalue weighted by Gasteiger charge is 2.18. The van der Waals surface area contributed by atoms with Crippen LogP contribution in [0.2, 0.25) is 0 Å². The van der Waals surface area contributed by atoms with E-state index in [1.165, 1.54) is 11.0 Å². The fourth-order valence-electron chi connectivity index (χ4n) is 1.63. The Labute approximate surface area is 112 Å². The highest BCUT2D eigenvalue weighted by molar-refractivity contribution is 5.37. The van der Waals surface area contributed by atoms with Crippen molar-refractivity contribution in [2.75, 3.05) is 0 Å². The summed E-state index contributed by atoms with van der Waals surface area (Å²) in [4.78, 5) is 13.6. The molecule has 20 heavy (non-hydrogen) atoms. The second-order valence-electron chi connectivity index (χ2n) is 4.09. The van der Waals surface area contributed by atoms with Gasteiger partial charge >= 0.3 is 5.69 Å². The van der Waals surface area contributed by atoms with E-state index in [9.17, 15) is 18.9 Å². The molecule has 1 heterocycles. The molecule has 106 valence electrons. The molecule has 0 atom stereocenters. The third-order valence-electron chi connectivity index (χ3n) is 2.56. The van der Waals surface area contributed by atoms with Crippen molar-refractivity contribution in [1.29, 1.82) is 0 Å². The number of aromatic nitrogens is 3. The van der Waals surface area contributed by atoms with Gasteiger partial charge in [0.05, 0.1) is 11.5 Å². The van der Waals surface area contributed by atoms with Gasteiger partial charge in [-0.1, -0.05) is 0 Å². The van der Waals surface area contributed by atoms with Gasteiger partial charge in [0, 0.05) is 31.3 Å². The van der Waals surface area contributed by atoms with Gasteiger partial charge in [0.1, 0.15) is 12.1 Å². The van der Waals surface area contributed by atoms with Crippen molar-refractivity contribution >= 4 is 5.69 Å². The first kappa shape index (κ1) is 14.0. The van der Waals surface area contributed by atoms with E-state index in [4.69, 9.17) is 0 Å². The molecule has 0 fully saturated rings. The Morgan fingerprint density at radius 2 is 2.10 bits per heavy atom. The van der Waals surface area contributed by atoms with Crippen LogP contribution >= 0.6 is 0 Å². The standard InChI is InChI=1S/C11H11F2N5O2/c1-17-6-15-11(16-17)5-14-4-7-2-10(18(19)20)9(13)3-8(7)12/h2-3,6,14H,4-5H2,1H3. The number of hydrogen-bond acceptors (Lipinski definition) is 5. The van der Waals surface area contributed by atoms with E-state index in [0.717, 1.165) is 6.07 Å². The number of nitro benzene ring substituents is 1. The summed E-state index contributed by atoms with van der Waals surface area (Å²) in [6.45, 7) is 0.274. The molecule has 1 aromatic heterocycles. The van der Waals surface area contributed by atoms with Crippen LogP contribution in [-0.2, 0) is 20.1 Å². The van der Waals surface area contributed by atoms with E-state index in [-0.39, 0.29) is 18.7 Å². The summed E-state index contributed by atoms with van der Waals surface area (Å²) in [5, 5.41) is 17.4. The van der Waals surface area contributed by atoms with Gasteiger partial charge < -0.3 is 5.32 Å². The fraction of sp³-hybridized carbons (Fsp3) is 0.273. The molecule has 0 amide bonds. The first-order valence-corrected chi connectivity index (χ1v) is 5.65. The van der Waals surface area contributed by atoms with Gasteiger partial charge in [0.15, 0.2) is 5.82 Å². The van der Waals surface area contributed by atoms with Gasteiger partial charge in [-0.3, -0.25) is 14.8 Å². The van der Waals surface area contributed by atoms with Crippen LogP contribution in [0.3, 0.4) is 0 Å². The Hall–Kier alpha value is -2.42. The van der Waals surface area contributed by atoms with Crippen LogP contribution in [-0.4, -0.2) is 19.7 Å². The quantitative estimate of drug-likeness (QED) is 0.660. The Morgan fingerprint density at radius 3 is 2.70 bits per heavy atom. The summed E-state index contributed by atoms with van der Waals surface area (Å²) >= 11 is 0. The SMILES string of the molecule is Cn1cnc(CNCc2cc([N+](=O)[O-])c(F)cc2F)n1. The topological polar surface area (TPSA) is 85.9 Å². The van der Waals surface area contributed by atoms with E-state index in [1.807, 2.05) is 0 Å². The highest BCUT2D eigenvalue weighted by Crippen LogP contribution is 2.21. The van der Waals surface area contributed by atoms with Crippen LogP contribution < -0.4 is 5.32 Å². The van der Waals surface area contributed by atoms with Crippen molar-refractivity contribution in [2.24, 2.45) is 7.05 Å². The average Bonchev–Trinajstić information content (AvgIpc) is 2.77. The Morgan fingerprint density at radius 1 is 1.35 bits per heavy atom. The van der Waals surface area contributed by atoms with Crippen molar-refractivity contribution in [3.8, 4) is 0 Å². The molecular formula is C11H11F2N5O2. The van der Waals surface area contributed by atoms with E-state index in [2.05, 4.69) is 15.4 Å². The van der Waals surface area contributed by atoms with Crippen LogP contribution in [0.25, 0.3) is 0 Å². The first-order chi connectivity index (χ1) is 9.47. The number of nitro groups is 1. The average molecular weight is 283 g/mol. The summed E-state index contributed by atoms with van der Waals surface area (Å²) in [6, 6.07) is 1.39. The summed E-state index contributed by atoms with van der Waals surface area (Å²) in [6.07, 6.45) is 1.51.